The van der Waals surface area contributed by atoms with E-state index in [1.165, 1.54) is 18.2 Å². The van der Waals surface area contributed by atoms with Crippen molar-refractivity contribution >= 4 is 33.0 Å². The van der Waals surface area contributed by atoms with Crippen LogP contribution >= 0.6 is 0 Å². The summed E-state index contributed by atoms with van der Waals surface area (Å²) in [6, 6.07) is 20.0. The highest BCUT2D eigenvalue weighted by molar-refractivity contribution is 7.89. The van der Waals surface area contributed by atoms with Crippen LogP contribution in [0.4, 0.5) is 11.4 Å². The fourth-order valence-corrected chi connectivity index (χ4v) is 4.85. The number of nitrogens with zero attached hydrogens (tertiary/aromatic N) is 2. The van der Waals surface area contributed by atoms with Crippen molar-refractivity contribution in [3.8, 4) is 0 Å². The zero-order chi connectivity index (χ0) is 25.9. The van der Waals surface area contributed by atoms with E-state index in [2.05, 4.69) is 22.2 Å². The van der Waals surface area contributed by atoms with Crippen molar-refractivity contribution in [2.24, 2.45) is 5.14 Å². The van der Waals surface area contributed by atoms with Gasteiger partial charge in [-0.3, -0.25) is 15.1 Å². The number of piperazine rings is 1. The van der Waals surface area contributed by atoms with Crippen LogP contribution in [0.2, 0.25) is 0 Å². The minimum Gasteiger partial charge on any atom is -0.398 e. The van der Waals surface area contributed by atoms with Crippen molar-refractivity contribution < 1.29 is 13.2 Å². The fourth-order valence-electron chi connectivity index (χ4n) is 4.29. The van der Waals surface area contributed by atoms with E-state index in [0.29, 0.717) is 22.5 Å². The van der Waals surface area contributed by atoms with Gasteiger partial charge in [0.15, 0.2) is 0 Å². The van der Waals surface area contributed by atoms with Gasteiger partial charge in [-0.15, -0.1) is 0 Å². The number of likely N-dealkylation sites (N-methyl/N-ethyl adjacent to an activating group) is 1. The molecular formula is C26H30N6O3S. The van der Waals surface area contributed by atoms with E-state index in [9.17, 15) is 13.2 Å². The first-order chi connectivity index (χ1) is 17.1. The van der Waals surface area contributed by atoms with Gasteiger partial charge in [-0.25, -0.2) is 13.6 Å². The topological polar surface area (TPSA) is 146 Å². The Kier molecular flexibility index (Phi) is 7.51. The number of nitrogens with one attached hydrogen (secondary N) is 2. The van der Waals surface area contributed by atoms with E-state index in [1.54, 1.807) is 24.3 Å². The molecule has 6 N–H and O–H groups in total. The van der Waals surface area contributed by atoms with Crippen molar-refractivity contribution in [1.29, 1.82) is 5.41 Å². The van der Waals surface area contributed by atoms with Gasteiger partial charge in [0.2, 0.25) is 15.9 Å². The molecule has 9 nitrogen and oxygen atoms in total. The predicted molar refractivity (Wildman–Crippen MR) is 141 cm³/mol. The smallest absolute Gasteiger partial charge is 0.246 e. The van der Waals surface area contributed by atoms with E-state index < -0.39 is 16.1 Å². The number of primary sulfonamides is 1. The third kappa shape index (κ3) is 5.80. The normalized spacial score (nSPS) is 15.8. The number of hydrogen-bond donors (Lipinski definition) is 4. The molecule has 0 spiro atoms. The van der Waals surface area contributed by atoms with Crippen LogP contribution in [0, 0.1) is 5.41 Å². The quantitative estimate of drug-likeness (QED) is 0.286. The lowest BCUT2D eigenvalue weighted by Crippen LogP contribution is -2.48. The lowest BCUT2D eigenvalue weighted by molar-refractivity contribution is -0.122. The maximum Gasteiger partial charge on any atom is 0.246 e. The molecule has 1 unspecified atom stereocenters. The van der Waals surface area contributed by atoms with E-state index in [4.69, 9.17) is 16.3 Å². The summed E-state index contributed by atoms with van der Waals surface area (Å²) in [4.78, 5) is 17.9. The number of nitrogens with two attached hydrogens (primary N) is 2. The van der Waals surface area contributed by atoms with Crippen LogP contribution < -0.4 is 16.2 Å². The molecule has 1 amide bonds. The summed E-state index contributed by atoms with van der Waals surface area (Å²) in [5, 5.41) is 16.9. The van der Waals surface area contributed by atoms with Gasteiger partial charge in [-0.1, -0.05) is 42.5 Å². The number of amides is 1. The Morgan fingerprint density at radius 3 is 2.33 bits per heavy atom. The van der Waals surface area contributed by atoms with Crippen LogP contribution in [0.3, 0.4) is 0 Å². The van der Waals surface area contributed by atoms with Gasteiger partial charge in [0.25, 0.3) is 0 Å². The van der Waals surface area contributed by atoms with Crippen molar-refractivity contribution in [2.75, 3.05) is 44.3 Å². The molecule has 0 aliphatic carbocycles. The Hall–Kier alpha value is -3.57. The summed E-state index contributed by atoms with van der Waals surface area (Å²) >= 11 is 0. The molecule has 10 heteroatoms. The fraction of sp³-hybridized carbons (Fsp3) is 0.231. The van der Waals surface area contributed by atoms with Gasteiger partial charge in [-0.2, -0.15) is 0 Å². The highest BCUT2D eigenvalue weighted by Gasteiger charge is 2.30. The standard InChI is InChI=1S/C26H30N6O3S/c1-31-12-14-32(15-13-31)25(18-6-3-2-4-7-18)26(33)30-20-10-11-23(27)22(17-20)24(28)19-8-5-9-21(16-19)36(29,34)35/h2-11,16-17,25,28H,12-15,27H2,1H3,(H,30,33)(H2,29,34,35). The molecule has 1 aliphatic rings. The maximum atomic E-state index is 13.6. The minimum absolute atomic E-state index is 0.0211. The van der Waals surface area contributed by atoms with Crippen molar-refractivity contribution in [2.45, 2.75) is 10.9 Å². The van der Waals surface area contributed by atoms with E-state index in [1.807, 2.05) is 30.3 Å². The second kappa shape index (κ2) is 10.6. The van der Waals surface area contributed by atoms with Gasteiger partial charge >= 0.3 is 0 Å². The second-order valence-electron chi connectivity index (χ2n) is 8.89. The van der Waals surface area contributed by atoms with Gasteiger partial charge in [0, 0.05) is 48.7 Å². The number of anilines is 2. The molecule has 0 radical (unpaired) electrons. The van der Waals surface area contributed by atoms with Crippen LogP contribution in [0.25, 0.3) is 0 Å². The lowest BCUT2D eigenvalue weighted by Gasteiger charge is -2.37. The summed E-state index contributed by atoms with van der Waals surface area (Å²) in [5.41, 5.74) is 8.62. The van der Waals surface area contributed by atoms with Gasteiger partial charge in [0.05, 0.1) is 10.6 Å². The van der Waals surface area contributed by atoms with Crippen molar-refractivity contribution in [3.05, 3.63) is 89.5 Å². The molecule has 4 rings (SSSR count). The van der Waals surface area contributed by atoms with Crippen LogP contribution in [0.1, 0.15) is 22.7 Å². The number of rotatable bonds is 7. The first-order valence-corrected chi connectivity index (χ1v) is 13.1. The first kappa shape index (κ1) is 25.5. The Balaban J connectivity index is 1.61. The molecule has 3 aromatic carbocycles. The van der Waals surface area contributed by atoms with E-state index in [0.717, 1.165) is 31.7 Å². The molecule has 1 aliphatic heterocycles. The average molecular weight is 507 g/mol. The van der Waals surface area contributed by atoms with Crippen LogP contribution in [0.5, 0.6) is 0 Å². The number of hydrogen-bond acceptors (Lipinski definition) is 7. The third-order valence-corrected chi connectivity index (χ3v) is 7.22. The van der Waals surface area contributed by atoms with E-state index in [-0.39, 0.29) is 16.5 Å². The van der Waals surface area contributed by atoms with Crippen molar-refractivity contribution in [1.82, 2.24) is 9.80 Å². The SMILES string of the molecule is CN1CCN(C(C(=O)Nc2ccc(N)c(C(=N)c3cccc(S(N)(=O)=O)c3)c2)c2ccccc2)CC1. The summed E-state index contributed by atoms with van der Waals surface area (Å²) < 4.78 is 23.5. The van der Waals surface area contributed by atoms with Gasteiger partial charge < -0.3 is 16.0 Å². The lowest BCUT2D eigenvalue weighted by atomic mass is 10.00. The molecule has 3 aromatic rings. The largest absolute Gasteiger partial charge is 0.398 e. The summed E-state index contributed by atoms with van der Waals surface area (Å²) in [7, 11) is -1.85. The first-order valence-electron chi connectivity index (χ1n) is 11.5. The monoisotopic (exact) mass is 506 g/mol. The van der Waals surface area contributed by atoms with E-state index >= 15 is 0 Å². The van der Waals surface area contributed by atoms with Gasteiger partial charge in [-0.05, 0) is 42.9 Å². The highest BCUT2D eigenvalue weighted by atomic mass is 32.2. The summed E-state index contributed by atoms with van der Waals surface area (Å²) in [5.74, 6) is -0.177. The predicted octanol–water partition coefficient (Wildman–Crippen LogP) is 2.26. The second-order valence-corrected chi connectivity index (χ2v) is 10.5. The number of carbonyl (C=O) groups is 1. The zero-order valence-electron chi connectivity index (χ0n) is 20.0. The molecule has 1 fully saturated rings. The number of nitrogen functional groups attached to an aromatic ring is 1. The Morgan fingerprint density at radius 2 is 1.67 bits per heavy atom. The van der Waals surface area contributed by atoms with Crippen molar-refractivity contribution in [3.63, 3.8) is 0 Å². The molecule has 36 heavy (non-hydrogen) atoms. The summed E-state index contributed by atoms with van der Waals surface area (Å²) in [6.45, 7) is 3.28. The molecule has 0 bridgehead atoms. The Morgan fingerprint density at radius 1 is 0.972 bits per heavy atom. The molecule has 1 saturated heterocycles. The Labute approximate surface area is 211 Å². The Bertz CT molecular complexity index is 1370. The third-order valence-electron chi connectivity index (χ3n) is 6.31. The zero-order valence-corrected chi connectivity index (χ0v) is 20.8. The maximum absolute atomic E-state index is 13.6. The average Bonchev–Trinajstić information content (AvgIpc) is 2.86. The van der Waals surface area contributed by atoms with Crippen LogP contribution in [0.15, 0.2) is 77.7 Å². The highest BCUT2D eigenvalue weighted by Crippen LogP contribution is 2.26. The summed E-state index contributed by atoms with van der Waals surface area (Å²) in [6.07, 6.45) is 0. The van der Waals surface area contributed by atoms with Gasteiger partial charge in [0.1, 0.15) is 6.04 Å². The molecule has 1 atom stereocenters. The molecule has 0 saturated carbocycles. The number of carbonyl (C=O) groups excluding carboxylic acids is 1. The molecule has 0 aromatic heterocycles. The van der Waals surface area contributed by atoms with Crippen LogP contribution in [-0.2, 0) is 14.8 Å². The molecule has 1 heterocycles. The number of benzene rings is 3. The van der Waals surface area contributed by atoms with Crippen LogP contribution in [-0.4, -0.2) is 63.1 Å². The molecule has 188 valence electrons. The molecular weight excluding hydrogens is 476 g/mol. The number of sulfonamides is 1. The minimum atomic E-state index is -3.92.